The van der Waals surface area contributed by atoms with Gasteiger partial charge < -0.3 is 24.7 Å². The highest BCUT2D eigenvalue weighted by molar-refractivity contribution is 7.99. The molecule has 0 atom stereocenters. The lowest BCUT2D eigenvalue weighted by Crippen LogP contribution is -2.37. The number of ether oxygens (including phenoxy) is 2. The molecule has 0 unspecified atom stereocenters. The van der Waals surface area contributed by atoms with Crippen molar-refractivity contribution in [2.24, 2.45) is 5.92 Å². The van der Waals surface area contributed by atoms with E-state index in [2.05, 4.69) is 16.0 Å². The molecule has 0 saturated carbocycles. The summed E-state index contributed by atoms with van der Waals surface area (Å²) in [6.07, 6.45) is 4.65. The normalized spacial score (nSPS) is 14.2. The number of nitrogens with two attached hydrogens (primary N) is 1. The summed E-state index contributed by atoms with van der Waals surface area (Å²) in [5.74, 6) is 2.66. The second-order valence-corrected chi connectivity index (χ2v) is 9.17. The lowest BCUT2D eigenvalue weighted by molar-refractivity contribution is -0.130. The number of likely N-dealkylation sites (tertiary alicyclic amines) is 1. The Morgan fingerprint density at radius 1 is 1.24 bits per heavy atom. The van der Waals surface area contributed by atoms with E-state index in [1.165, 1.54) is 18.9 Å². The monoisotopic (exact) mass is 481 g/mol. The van der Waals surface area contributed by atoms with E-state index in [9.17, 15) is 10.1 Å². The average Bonchev–Trinajstić information content (AvgIpc) is 3.28. The van der Waals surface area contributed by atoms with E-state index in [-0.39, 0.29) is 5.91 Å². The quantitative estimate of drug-likeness (QED) is 0.540. The number of benzene rings is 1. The number of carbonyl (C=O) groups is 1. The third-order valence-corrected chi connectivity index (χ3v) is 7.04. The van der Waals surface area contributed by atoms with Crippen LogP contribution < -0.4 is 15.2 Å². The van der Waals surface area contributed by atoms with Crippen LogP contribution in [-0.4, -0.2) is 57.6 Å². The second kappa shape index (κ2) is 10.2. The summed E-state index contributed by atoms with van der Waals surface area (Å²) in [6, 6.07) is 5.56. The van der Waals surface area contributed by atoms with Gasteiger partial charge in [0.05, 0.1) is 26.1 Å². The predicted molar refractivity (Wildman–Crippen MR) is 127 cm³/mol. The molecule has 11 heteroatoms. The number of aryl methyl sites for hydroxylation is 1. The smallest absolute Gasteiger partial charge is 0.219 e. The van der Waals surface area contributed by atoms with Crippen LogP contribution in [0.2, 0.25) is 0 Å². The van der Waals surface area contributed by atoms with Gasteiger partial charge in [0, 0.05) is 37.5 Å². The molecule has 0 radical (unpaired) electrons. The van der Waals surface area contributed by atoms with Gasteiger partial charge in [0.1, 0.15) is 6.07 Å². The van der Waals surface area contributed by atoms with Crippen molar-refractivity contribution in [1.29, 1.82) is 5.26 Å². The molecule has 0 spiro atoms. The number of anilines is 1. The molecular weight excluding hydrogens is 454 g/mol. The molecule has 1 fully saturated rings. The molecule has 3 aliphatic rings. The number of carbonyl (C=O) groups excluding carboxylic acids is 1. The average molecular weight is 482 g/mol. The van der Waals surface area contributed by atoms with Gasteiger partial charge in [-0.2, -0.15) is 5.26 Å². The van der Waals surface area contributed by atoms with Crippen molar-refractivity contribution in [1.82, 2.24) is 24.4 Å². The van der Waals surface area contributed by atoms with Crippen LogP contribution in [0.3, 0.4) is 0 Å². The van der Waals surface area contributed by atoms with Crippen LogP contribution in [0.5, 0.6) is 11.5 Å². The minimum atomic E-state index is 0.142. The lowest BCUT2D eigenvalue weighted by atomic mass is 9.93. The fraction of sp³-hybridized carbons (Fsp3) is 0.435. The van der Waals surface area contributed by atoms with Crippen molar-refractivity contribution in [3.05, 3.63) is 24.0 Å². The Kier molecular flexibility index (Phi) is 7.07. The Morgan fingerprint density at radius 2 is 1.94 bits per heavy atom. The van der Waals surface area contributed by atoms with E-state index in [4.69, 9.17) is 20.2 Å². The summed E-state index contributed by atoms with van der Waals surface area (Å²) in [7, 11) is 3.07. The van der Waals surface area contributed by atoms with E-state index >= 15 is 0 Å². The number of nitrogen functional groups attached to an aromatic ring is 1. The van der Waals surface area contributed by atoms with Crippen molar-refractivity contribution >= 4 is 23.5 Å². The van der Waals surface area contributed by atoms with Crippen LogP contribution in [0.25, 0.3) is 11.5 Å². The summed E-state index contributed by atoms with van der Waals surface area (Å²) in [4.78, 5) is 27.7. The number of hydrogen-bond donors (Lipinski definition) is 1. The Hall–Kier alpha value is -3.52. The fourth-order valence-electron chi connectivity index (χ4n) is 4.13. The molecule has 0 bridgehead atoms. The number of rotatable bonds is 7. The van der Waals surface area contributed by atoms with Crippen LogP contribution in [0.4, 0.5) is 5.82 Å². The number of imidazole rings is 1. The van der Waals surface area contributed by atoms with Gasteiger partial charge in [-0.25, -0.2) is 15.0 Å². The zero-order chi connectivity index (χ0) is 24.2. The zero-order valence-electron chi connectivity index (χ0n) is 19.4. The largest absolute Gasteiger partial charge is 0.493 e. The Morgan fingerprint density at radius 3 is 2.59 bits per heavy atom. The Labute approximate surface area is 202 Å². The van der Waals surface area contributed by atoms with E-state index in [0.29, 0.717) is 50.4 Å². The van der Waals surface area contributed by atoms with Crippen LogP contribution in [-0.2, 0) is 11.3 Å². The molecule has 1 amide bonds. The number of nitriles is 1. The Bertz CT molecular complexity index is 1200. The third-order valence-electron chi connectivity index (χ3n) is 6.12. The first-order valence-corrected chi connectivity index (χ1v) is 11.8. The van der Waals surface area contributed by atoms with Gasteiger partial charge in [-0.05, 0) is 43.0 Å². The predicted octanol–water partition coefficient (Wildman–Crippen LogP) is 3.05. The third kappa shape index (κ3) is 4.87. The maximum absolute atomic E-state index is 11.6. The van der Waals surface area contributed by atoms with Crippen LogP contribution in [0, 0.1) is 17.2 Å². The lowest BCUT2D eigenvalue weighted by Gasteiger charge is -2.31. The molecule has 1 aromatic rings. The number of nitrogens with zero attached hydrogens (tertiary/aromatic N) is 6. The van der Waals surface area contributed by atoms with Crippen molar-refractivity contribution < 1.29 is 14.3 Å². The molecule has 2 N–H and O–H groups in total. The molecule has 178 valence electrons. The van der Waals surface area contributed by atoms with Crippen molar-refractivity contribution in [2.45, 2.75) is 42.8 Å². The minimum absolute atomic E-state index is 0.142. The van der Waals surface area contributed by atoms with Gasteiger partial charge in [-0.3, -0.25) is 4.79 Å². The molecule has 1 aromatic carbocycles. The fourth-order valence-corrected chi connectivity index (χ4v) is 4.98. The molecule has 10 nitrogen and oxygen atoms in total. The molecule has 34 heavy (non-hydrogen) atoms. The van der Waals surface area contributed by atoms with Gasteiger partial charge in [-0.15, -0.1) is 0 Å². The first kappa shape index (κ1) is 23.6. The SMILES string of the molecule is COc1cc(C#N)c(Sc2nc3c(N)ncn(CCC4CCN(C(C)=O)CC4)c-3n2)cc1OC. The first-order chi connectivity index (χ1) is 16.4. The van der Waals surface area contributed by atoms with Gasteiger partial charge in [0.25, 0.3) is 0 Å². The first-order valence-electron chi connectivity index (χ1n) is 11.0. The minimum Gasteiger partial charge on any atom is -0.493 e. The summed E-state index contributed by atoms with van der Waals surface area (Å²) >= 11 is 1.27. The number of fused-ring (bicyclic) bond motifs is 1. The highest BCUT2D eigenvalue weighted by Crippen LogP contribution is 2.39. The van der Waals surface area contributed by atoms with E-state index in [1.807, 2.05) is 9.47 Å². The molecule has 0 aromatic heterocycles. The number of methoxy groups -OCH3 is 2. The van der Waals surface area contributed by atoms with Gasteiger partial charge in [0.15, 0.2) is 34.0 Å². The van der Waals surface area contributed by atoms with E-state index < -0.39 is 0 Å². The summed E-state index contributed by atoms with van der Waals surface area (Å²) in [6.45, 7) is 3.97. The highest BCUT2D eigenvalue weighted by Gasteiger charge is 2.24. The molecule has 0 aliphatic carbocycles. The second-order valence-electron chi connectivity index (χ2n) is 8.16. The number of amides is 1. The molecule has 3 aliphatic heterocycles. The van der Waals surface area contributed by atoms with Gasteiger partial charge in [0.2, 0.25) is 5.91 Å². The van der Waals surface area contributed by atoms with Gasteiger partial charge >= 0.3 is 0 Å². The number of aromatic nitrogens is 4. The van der Waals surface area contributed by atoms with E-state index in [1.54, 1.807) is 32.5 Å². The van der Waals surface area contributed by atoms with Crippen LogP contribution in [0.15, 0.2) is 28.5 Å². The highest BCUT2D eigenvalue weighted by atomic mass is 32.2. The van der Waals surface area contributed by atoms with Crippen molar-refractivity contribution in [2.75, 3.05) is 33.0 Å². The van der Waals surface area contributed by atoms with Crippen molar-refractivity contribution in [3.8, 4) is 29.1 Å². The van der Waals surface area contributed by atoms with Crippen LogP contribution in [0.1, 0.15) is 31.7 Å². The zero-order valence-corrected chi connectivity index (χ0v) is 20.3. The summed E-state index contributed by atoms with van der Waals surface area (Å²) in [5.41, 5.74) is 7.07. The van der Waals surface area contributed by atoms with E-state index in [0.717, 1.165) is 38.9 Å². The number of piperidine rings is 1. The maximum atomic E-state index is 11.6. The number of hydrogen-bond acceptors (Lipinski definition) is 9. The van der Waals surface area contributed by atoms with Crippen molar-refractivity contribution in [3.63, 3.8) is 0 Å². The molecule has 3 heterocycles. The summed E-state index contributed by atoms with van der Waals surface area (Å²) in [5, 5.41) is 10.1. The Balaban J connectivity index is 1.54. The van der Waals surface area contributed by atoms with Gasteiger partial charge in [-0.1, -0.05) is 0 Å². The topological polar surface area (TPSA) is 132 Å². The maximum Gasteiger partial charge on any atom is 0.219 e. The molecular formula is C23H27N7O3S. The standard InChI is InChI=1S/C23H27N7O3S/c1-14(31)29-7-4-15(5-8-29)6-9-30-13-26-21(25)20-22(30)28-23(27-20)34-19-11-18(33-3)17(32-2)10-16(19)12-24/h10-11,13,15H,4-9,25H2,1-3H3. The molecule has 4 rings (SSSR count). The summed E-state index contributed by atoms with van der Waals surface area (Å²) < 4.78 is 12.6. The van der Waals surface area contributed by atoms with Crippen LogP contribution >= 0.6 is 11.8 Å². The molecule has 1 saturated heterocycles.